The Balaban J connectivity index is 1.62. The second-order valence-corrected chi connectivity index (χ2v) is 8.71. The van der Waals surface area contributed by atoms with Crippen LogP contribution in [0.4, 0.5) is 0 Å². The molecule has 1 unspecified atom stereocenters. The Bertz CT molecular complexity index is 1070. The minimum atomic E-state index is -0.221. The van der Waals surface area contributed by atoms with E-state index in [-0.39, 0.29) is 6.10 Å². The van der Waals surface area contributed by atoms with E-state index in [1.807, 2.05) is 29.0 Å². The molecule has 0 aliphatic rings. The first-order valence-electron chi connectivity index (χ1n) is 8.28. The molecule has 0 saturated heterocycles. The molecule has 4 rings (SSSR count). The maximum atomic E-state index is 6.45. The van der Waals surface area contributed by atoms with Gasteiger partial charge < -0.3 is 9.30 Å². The number of rotatable bonds is 6. The molecule has 3 nitrogen and oxygen atoms in total. The number of aromatic nitrogens is 2. The van der Waals surface area contributed by atoms with Crippen molar-refractivity contribution in [1.82, 2.24) is 9.55 Å². The molecule has 2 heterocycles. The van der Waals surface area contributed by atoms with E-state index in [0.29, 0.717) is 23.2 Å². The number of fused-ring (bicyclic) bond motifs is 1. The fraction of sp³-hybridized carbons (Fsp3) is 0.150. The first-order chi connectivity index (χ1) is 13.1. The van der Waals surface area contributed by atoms with Crippen LogP contribution in [0.5, 0.6) is 0 Å². The third kappa shape index (κ3) is 4.23. The van der Waals surface area contributed by atoms with Gasteiger partial charge in [0.25, 0.3) is 0 Å². The highest BCUT2D eigenvalue weighted by molar-refractivity contribution is 9.10. The number of imidazole rings is 1. The zero-order valence-electron chi connectivity index (χ0n) is 14.1. The molecular weight excluding hydrogens is 467 g/mol. The van der Waals surface area contributed by atoms with Crippen LogP contribution >= 0.6 is 50.5 Å². The summed E-state index contributed by atoms with van der Waals surface area (Å²) in [5.41, 5.74) is 2.07. The molecule has 0 saturated carbocycles. The van der Waals surface area contributed by atoms with Crippen LogP contribution in [0.15, 0.2) is 65.0 Å². The van der Waals surface area contributed by atoms with Crippen LogP contribution in [0.3, 0.4) is 0 Å². The maximum absolute atomic E-state index is 6.45. The van der Waals surface area contributed by atoms with E-state index in [9.17, 15) is 0 Å². The Morgan fingerprint density at radius 2 is 2.11 bits per heavy atom. The van der Waals surface area contributed by atoms with E-state index in [1.54, 1.807) is 29.9 Å². The number of hydrogen-bond donors (Lipinski definition) is 0. The van der Waals surface area contributed by atoms with Crippen LogP contribution in [0, 0.1) is 0 Å². The largest absolute Gasteiger partial charge is 0.367 e. The molecule has 0 radical (unpaired) electrons. The quantitative estimate of drug-likeness (QED) is 0.293. The molecule has 1 atom stereocenters. The molecule has 7 heteroatoms. The molecular formula is C20H15BrCl2N2OS. The summed E-state index contributed by atoms with van der Waals surface area (Å²) in [6.45, 7) is 1.10. The van der Waals surface area contributed by atoms with Gasteiger partial charge in [0.2, 0.25) is 0 Å². The monoisotopic (exact) mass is 480 g/mol. The van der Waals surface area contributed by atoms with Gasteiger partial charge in [0.1, 0.15) is 6.10 Å². The highest BCUT2D eigenvalue weighted by Crippen LogP contribution is 2.35. The van der Waals surface area contributed by atoms with Crippen LogP contribution in [-0.2, 0) is 17.9 Å². The van der Waals surface area contributed by atoms with Gasteiger partial charge in [0, 0.05) is 42.6 Å². The Morgan fingerprint density at radius 3 is 2.89 bits per heavy atom. The van der Waals surface area contributed by atoms with Crippen molar-refractivity contribution < 1.29 is 4.74 Å². The highest BCUT2D eigenvalue weighted by atomic mass is 79.9. The van der Waals surface area contributed by atoms with Crippen LogP contribution < -0.4 is 0 Å². The number of benzene rings is 2. The summed E-state index contributed by atoms with van der Waals surface area (Å²) >= 11 is 17.9. The fourth-order valence-electron chi connectivity index (χ4n) is 2.99. The van der Waals surface area contributed by atoms with Gasteiger partial charge >= 0.3 is 0 Å². The number of nitrogens with zero attached hydrogens (tertiary/aromatic N) is 2. The van der Waals surface area contributed by atoms with Gasteiger partial charge in [-0.2, -0.15) is 0 Å². The molecule has 2 aromatic carbocycles. The topological polar surface area (TPSA) is 27.1 Å². The SMILES string of the molecule is Clc1ccc(C(Cn2ccnc2)OCc2csc3cccc(Br)c23)c(Cl)c1. The maximum Gasteiger partial charge on any atom is 0.102 e. The number of hydrogen-bond acceptors (Lipinski definition) is 3. The predicted molar refractivity (Wildman–Crippen MR) is 116 cm³/mol. The van der Waals surface area contributed by atoms with Crippen LogP contribution in [0.2, 0.25) is 10.0 Å². The molecule has 27 heavy (non-hydrogen) atoms. The Labute approximate surface area is 179 Å². The van der Waals surface area contributed by atoms with E-state index >= 15 is 0 Å². The highest BCUT2D eigenvalue weighted by Gasteiger charge is 2.18. The second kappa shape index (κ2) is 8.33. The van der Waals surface area contributed by atoms with E-state index in [4.69, 9.17) is 27.9 Å². The van der Waals surface area contributed by atoms with Gasteiger partial charge in [-0.1, -0.05) is 51.3 Å². The zero-order chi connectivity index (χ0) is 18.8. The van der Waals surface area contributed by atoms with Crippen LogP contribution in [0.25, 0.3) is 10.1 Å². The third-order valence-corrected chi connectivity index (χ3v) is 6.53. The Kier molecular flexibility index (Phi) is 5.85. The van der Waals surface area contributed by atoms with Crippen molar-refractivity contribution in [2.24, 2.45) is 0 Å². The minimum absolute atomic E-state index is 0.221. The lowest BCUT2D eigenvalue weighted by Gasteiger charge is -2.20. The third-order valence-electron chi connectivity index (χ3n) is 4.31. The first kappa shape index (κ1) is 19.0. The lowest BCUT2D eigenvalue weighted by atomic mass is 10.1. The van der Waals surface area contributed by atoms with Crippen molar-refractivity contribution in [3.8, 4) is 0 Å². The van der Waals surface area contributed by atoms with Gasteiger partial charge in [-0.25, -0.2) is 4.98 Å². The van der Waals surface area contributed by atoms with Crippen LogP contribution in [-0.4, -0.2) is 9.55 Å². The van der Waals surface area contributed by atoms with E-state index in [2.05, 4.69) is 38.4 Å². The van der Waals surface area contributed by atoms with E-state index in [1.165, 1.54) is 10.1 Å². The van der Waals surface area contributed by atoms with Crippen molar-refractivity contribution in [3.63, 3.8) is 0 Å². The van der Waals surface area contributed by atoms with Gasteiger partial charge in [-0.05, 0) is 35.2 Å². The Morgan fingerprint density at radius 1 is 1.22 bits per heavy atom. The summed E-state index contributed by atoms with van der Waals surface area (Å²) in [6, 6.07) is 11.7. The molecule has 0 aliphatic carbocycles. The summed E-state index contributed by atoms with van der Waals surface area (Å²) < 4.78 is 10.6. The second-order valence-electron chi connectivity index (χ2n) is 6.10. The average molecular weight is 482 g/mol. The molecule has 0 fully saturated rings. The normalized spacial score (nSPS) is 12.6. The number of thiophene rings is 1. The molecule has 4 aromatic rings. The van der Waals surface area contributed by atoms with Gasteiger partial charge in [-0.3, -0.25) is 0 Å². The first-order valence-corrected chi connectivity index (χ1v) is 10.7. The number of halogens is 3. The summed E-state index contributed by atoms with van der Waals surface area (Å²) in [5.74, 6) is 0. The summed E-state index contributed by atoms with van der Waals surface area (Å²) in [7, 11) is 0. The summed E-state index contributed by atoms with van der Waals surface area (Å²) in [4.78, 5) is 4.12. The number of ether oxygens (including phenoxy) is 1. The molecule has 0 spiro atoms. The fourth-order valence-corrected chi connectivity index (χ4v) is 5.25. The van der Waals surface area contributed by atoms with Gasteiger partial charge in [-0.15, -0.1) is 11.3 Å². The predicted octanol–water partition coefficient (Wildman–Crippen LogP) is 7.13. The lowest BCUT2D eigenvalue weighted by molar-refractivity contribution is 0.0287. The molecule has 2 aromatic heterocycles. The minimum Gasteiger partial charge on any atom is -0.367 e. The Hall–Kier alpha value is -1.37. The van der Waals surface area contributed by atoms with Crippen molar-refractivity contribution in [2.45, 2.75) is 19.3 Å². The van der Waals surface area contributed by atoms with Crippen LogP contribution in [0.1, 0.15) is 17.2 Å². The summed E-state index contributed by atoms with van der Waals surface area (Å²) in [5, 5.41) is 4.56. The molecule has 138 valence electrons. The molecule has 0 bridgehead atoms. The standard InChI is InChI=1S/C20H15BrCl2N2OS/c21-16-2-1-3-19-20(16)13(11-27-19)10-26-18(9-25-7-6-24-12-25)15-5-4-14(22)8-17(15)23/h1-8,11-12,18H,9-10H2. The van der Waals surface area contributed by atoms with E-state index < -0.39 is 0 Å². The average Bonchev–Trinajstić information content (AvgIpc) is 3.29. The van der Waals surface area contributed by atoms with Gasteiger partial charge in [0.15, 0.2) is 0 Å². The smallest absolute Gasteiger partial charge is 0.102 e. The lowest BCUT2D eigenvalue weighted by Crippen LogP contribution is -2.12. The van der Waals surface area contributed by atoms with Crippen molar-refractivity contribution in [2.75, 3.05) is 0 Å². The zero-order valence-corrected chi connectivity index (χ0v) is 18.0. The van der Waals surface area contributed by atoms with Crippen molar-refractivity contribution >= 4 is 60.6 Å². The molecule has 0 N–H and O–H groups in total. The van der Waals surface area contributed by atoms with E-state index in [0.717, 1.165) is 15.6 Å². The van der Waals surface area contributed by atoms with Crippen molar-refractivity contribution in [1.29, 1.82) is 0 Å². The molecule has 0 amide bonds. The summed E-state index contributed by atoms with van der Waals surface area (Å²) in [6.07, 6.45) is 5.22. The van der Waals surface area contributed by atoms with Crippen molar-refractivity contribution in [3.05, 3.63) is 86.1 Å². The molecule has 0 aliphatic heterocycles. The van der Waals surface area contributed by atoms with Gasteiger partial charge in [0.05, 0.1) is 19.5 Å².